The van der Waals surface area contributed by atoms with Gasteiger partial charge in [0.1, 0.15) is 6.61 Å². The highest BCUT2D eigenvalue weighted by molar-refractivity contribution is 5.71. The second-order valence-electron chi connectivity index (χ2n) is 2.91. The van der Waals surface area contributed by atoms with Gasteiger partial charge in [-0.05, 0) is 6.42 Å². The van der Waals surface area contributed by atoms with Gasteiger partial charge in [-0.25, -0.2) is 4.79 Å². The highest BCUT2D eigenvalue weighted by Gasteiger charge is 2.25. The molecule has 1 rings (SSSR count). The van der Waals surface area contributed by atoms with E-state index in [1.165, 1.54) is 0 Å². The Labute approximate surface area is 69.7 Å². The van der Waals surface area contributed by atoms with Gasteiger partial charge in [0.25, 0.3) is 0 Å². The number of hydrogen-bond donors (Lipinski definition) is 2. The lowest BCUT2D eigenvalue weighted by Gasteiger charge is -2.09. The van der Waals surface area contributed by atoms with Crippen LogP contribution in [0, 0.1) is 5.92 Å². The second-order valence-corrected chi connectivity index (χ2v) is 2.91. The van der Waals surface area contributed by atoms with Crippen molar-refractivity contribution in [1.82, 2.24) is 5.32 Å². The smallest absolute Gasteiger partial charge is 0.407 e. The summed E-state index contributed by atoms with van der Waals surface area (Å²) in [6.07, 6.45) is -0.0428. The van der Waals surface area contributed by atoms with E-state index in [0.717, 1.165) is 0 Å². The summed E-state index contributed by atoms with van der Waals surface area (Å²) >= 11 is 0. The fraction of sp³-hybridized carbons (Fsp3) is 0.714. The number of cyclic esters (lactones) is 1. The van der Waals surface area contributed by atoms with Crippen LogP contribution < -0.4 is 5.32 Å². The first kappa shape index (κ1) is 8.83. The molecule has 0 aromatic rings. The van der Waals surface area contributed by atoms with Gasteiger partial charge in [-0.1, -0.05) is 6.92 Å². The number of carboxylic acid groups (broad SMARTS) is 1. The third kappa shape index (κ3) is 2.11. The van der Waals surface area contributed by atoms with E-state index in [9.17, 15) is 9.59 Å². The van der Waals surface area contributed by atoms with Gasteiger partial charge in [-0.3, -0.25) is 4.79 Å². The minimum atomic E-state index is -0.851. The number of rotatable bonds is 3. The molecular weight excluding hydrogens is 162 g/mol. The molecule has 0 saturated carbocycles. The lowest BCUT2D eigenvalue weighted by molar-refractivity contribution is -0.141. The van der Waals surface area contributed by atoms with Crippen LogP contribution in [0.15, 0.2) is 0 Å². The van der Waals surface area contributed by atoms with Crippen LogP contribution in [0.25, 0.3) is 0 Å². The lowest BCUT2D eigenvalue weighted by Crippen LogP contribution is -2.29. The summed E-state index contributed by atoms with van der Waals surface area (Å²) in [6, 6.07) is -0.149. The molecule has 2 N–H and O–H groups in total. The molecule has 0 aromatic carbocycles. The number of nitrogens with one attached hydrogen (secondary N) is 1. The molecule has 0 aliphatic carbocycles. The van der Waals surface area contributed by atoms with Crippen molar-refractivity contribution < 1.29 is 19.4 Å². The molecular formula is C7H11NO4. The van der Waals surface area contributed by atoms with Crippen molar-refractivity contribution in [3.8, 4) is 0 Å². The van der Waals surface area contributed by atoms with E-state index in [1.54, 1.807) is 6.92 Å². The Hall–Kier alpha value is -1.26. The Morgan fingerprint density at radius 1 is 1.92 bits per heavy atom. The van der Waals surface area contributed by atoms with Crippen LogP contribution in [0.5, 0.6) is 0 Å². The topological polar surface area (TPSA) is 75.6 Å². The maximum Gasteiger partial charge on any atom is 0.407 e. The van der Waals surface area contributed by atoms with Gasteiger partial charge in [0.05, 0.1) is 12.0 Å². The molecule has 0 bridgehead atoms. The van der Waals surface area contributed by atoms with Crippen LogP contribution in [-0.4, -0.2) is 29.8 Å². The van der Waals surface area contributed by atoms with Crippen molar-refractivity contribution >= 4 is 12.1 Å². The highest BCUT2D eigenvalue weighted by Crippen LogP contribution is 2.10. The van der Waals surface area contributed by atoms with E-state index in [2.05, 4.69) is 10.1 Å². The quantitative estimate of drug-likeness (QED) is 0.639. The number of hydrogen-bond acceptors (Lipinski definition) is 3. The maximum atomic E-state index is 10.5. The van der Waals surface area contributed by atoms with Crippen LogP contribution in [0.3, 0.4) is 0 Å². The average molecular weight is 173 g/mol. The van der Waals surface area contributed by atoms with E-state index >= 15 is 0 Å². The summed E-state index contributed by atoms with van der Waals surface area (Å²) in [7, 11) is 0. The number of ether oxygens (including phenoxy) is 1. The largest absolute Gasteiger partial charge is 0.481 e. The summed E-state index contributed by atoms with van der Waals surface area (Å²) < 4.78 is 4.60. The molecule has 1 amide bonds. The molecule has 1 unspecified atom stereocenters. The van der Waals surface area contributed by atoms with Gasteiger partial charge >= 0.3 is 12.1 Å². The molecule has 0 radical (unpaired) electrons. The fourth-order valence-corrected chi connectivity index (χ4v) is 1.08. The standard InChI is InChI=1S/C7H11NO4/c1-4(6(9)10)2-5-3-12-7(11)8-5/h4-5H,2-3H2,1H3,(H,8,11)(H,9,10)/t4?,5-/m1/s1. The van der Waals surface area contributed by atoms with Gasteiger partial charge < -0.3 is 15.2 Å². The molecule has 5 heteroatoms. The van der Waals surface area contributed by atoms with Crippen LogP contribution in [0.2, 0.25) is 0 Å². The summed E-state index contributed by atoms with van der Waals surface area (Å²) in [5.74, 6) is -1.30. The van der Waals surface area contributed by atoms with Gasteiger partial charge in [0.2, 0.25) is 0 Å². The molecule has 0 aromatic heterocycles. The zero-order chi connectivity index (χ0) is 9.14. The average Bonchev–Trinajstić information content (AvgIpc) is 2.35. The predicted octanol–water partition coefficient (Wildman–Crippen LogP) is 0.206. The predicted molar refractivity (Wildman–Crippen MR) is 39.7 cm³/mol. The molecule has 1 aliphatic rings. The zero-order valence-electron chi connectivity index (χ0n) is 6.74. The SMILES string of the molecule is CC(C[C@@H]1COC(=O)N1)C(=O)O. The van der Waals surface area contributed by atoms with Crippen molar-refractivity contribution in [3.63, 3.8) is 0 Å². The van der Waals surface area contributed by atoms with E-state index < -0.39 is 18.0 Å². The second kappa shape index (κ2) is 3.42. The molecule has 1 fully saturated rings. The van der Waals surface area contributed by atoms with Gasteiger partial charge in [0, 0.05) is 0 Å². The number of alkyl carbamates (subject to hydrolysis) is 1. The van der Waals surface area contributed by atoms with Gasteiger partial charge in [-0.2, -0.15) is 0 Å². The fourth-order valence-electron chi connectivity index (χ4n) is 1.08. The first-order valence-corrected chi connectivity index (χ1v) is 3.75. The zero-order valence-corrected chi connectivity index (χ0v) is 6.74. The number of carbonyl (C=O) groups excluding carboxylic acids is 1. The Morgan fingerprint density at radius 2 is 2.58 bits per heavy atom. The number of carbonyl (C=O) groups is 2. The summed E-state index contributed by atoms with van der Waals surface area (Å²) in [5, 5.41) is 11.1. The highest BCUT2D eigenvalue weighted by atomic mass is 16.6. The van der Waals surface area contributed by atoms with Crippen LogP contribution in [-0.2, 0) is 9.53 Å². The molecule has 2 atom stereocenters. The Morgan fingerprint density at radius 3 is 3.00 bits per heavy atom. The first-order valence-electron chi connectivity index (χ1n) is 3.75. The van der Waals surface area contributed by atoms with E-state index in [4.69, 9.17) is 5.11 Å². The number of carboxylic acids is 1. The van der Waals surface area contributed by atoms with Crippen LogP contribution in [0.1, 0.15) is 13.3 Å². The monoisotopic (exact) mass is 173 g/mol. The molecule has 1 heterocycles. The van der Waals surface area contributed by atoms with Crippen molar-refractivity contribution in [2.45, 2.75) is 19.4 Å². The molecule has 1 saturated heterocycles. The first-order chi connectivity index (χ1) is 5.59. The van der Waals surface area contributed by atoms with Gasteiger partial charge in [-0.15, -0.1) is 0 Å². The normalized spacial score (nSPS) is 24.4. The number of aliphatic carboxylic acids is 1. The van der Waals surface area contributed by atoms with E-state index in [-0.39, 0.29) is 12.6 Å². The molecule has 68 valence electrons. The van der Waals surface area contributed by atoms with E-state index in [0.29, 0.717) is 6.42 Å². The molecule has 5 nitrogen and oxygen atoms in total. The third-order valence-corrected chi connectivity index (χ3v) is 1.80. The van der Waals surface area contributed by atoms with Crippen molar-refractivity contribution in [3.05, 3.63) is 0 Å². The Kier molecular flexibility index (Phi) is 2.52. The minimum Gasteiger partial charge on any atom is -0.481 e. The number of amides is 1. The molecule has 0 spiro atoms. The van der Waals surface area contributed by atoms with Crippen LogP contribution in [0.4, 0.5) is 4.79 Å². The minimum absolute atomic E-state index is 0.149. The van der Waals surface area contributed by atoms with Gasteiger partial charge in [0.15, 0.2) is 0 Å². The van der Waals surface area contributed by atoms with Crippen molar-refractivity contribution in [2.24, 2.45) is 5.92 Å². The lowest BCUT2D eigenvalue weighted by atomic mass is 10.0. The Balaban J connectivity index is 2.32. The van der Waals surface area contributed by atoms with Crippen molar-refractivity contribution in [2.75, 3.05) is 6.61 Å². The summed E-state index contributed by atoms with van der Waals surface area (Å²) in [4.78, 5) is 20.9. The van der Waals surface area contributed by atoms with Crippen molar-refractivity contribution in [1.29, 1.82) is 0 Å². The summed E-state index contributed by atoms with van der Waals surface area (Å²) in [5.41, 5.74) is 0. The van der Waals surface area contributed by atoms with E-state index in [1.807, 2.05) is 0 Å². The maximum absolute atomic E-state index is 10.5. The van der Waals surface area contributed by atoms with Crippen LogP contribution >= 0.6 is 0 Å². The summed E-state index contributed by atoms with van der Waals surface area (Å²) in [6.45, 7) is 1.88. The third-order valence-electron chi connectivity index (χ3n) is 1.80. The molecule has 12 heavy (non-hydrogen) atoms. The Bertz CT molecular complexity index is 204. The molecule has 1 aliphatic heterocycles.